The van der Waals surface area contributed by atoms with Crippen molar-refractivity contribution in [2.45, 2.75) is 17.8 Å². The normalized spacial score (nSPS) is 17.3. The Hall–Kier alpha value is -0.951. The Labute approximate surface area is 118 Å². The summed E-state index contributed by atoms with van der Waals surface area (Å²) in [7, 11) is 0. The van der Waals surface area contributed by atoms with Crippen LogP contribution in [0.3, 0.4) is 0 Å². The first-order valence-electron chi connectivity index (χ1n) is 5.94. The van der Waals surface area contributed by atoms with Gasteiger partial charge in [0.25, 0.3) is 0 Å². The van der Waals surface area contributed by atoms with E-state index in [0.717, 1.165) is 22.5 Å². The molecule has 0 N–H and O–H groups in total. The molecular formula is C15H13ClOSe. The second kappa shape index (κ2) is 5.36. The molecular weight excluding hydrogens is 311 g/mol. The minimum atomic E-state index is 0.318. The molecule has 0 saturated carbocycles. The van der Waals surface area contributed by atoms with Crippen LogP contribution >= 0.6 is 11.6 Å². The van der Waals surface area contributed by atoms with E-state index in [4.69, 9.17) is 16.3 Å². The van der Waals surface area contributed by atoms with Crippen molar-refractivity contribution >= 4 is 31.0 Å². The summed E-state index contributed by atoms with van der Waals surface area (Å²) in [5, 5.41) is 1.91. The topological polar surface area (TPSA) is 9.23 Å². The van der Waals surface area contributed by atoms with Crippen LogP contribution in [-0.4, -0.2) is 21.1 Å². The zero-order valence-electron chi connectivity index (χ0n) is 9.80. The third kappa shape index (κ3) is 2.72. The molecule has 0 aliphatic carbocycles. The van der Waals surface area contributed by atoms with E-state index in [-0.39, 0.29) is 0 Å². The average Bonchev–Trinajstić information content (AvgIpc) is 2.79. The zero-order valence-corrected chi connectivity index (χ0v) is 12.3. The molecule has 1 aliphatic rings. The SMILES string of the molecule is Clc1ccc2c(c1)CC(C[Se]c1ccccc1)O2. The van der Waals surface area contributed by atoms with E-state index in [1.165, 1.54) is 10.0 Å². The second-order valence-corrected chi connectivity index (χ2v) is 7.05. The number of fused-ring (bicyclic) bond motifs is 1. The van der Waals surface area contributed by atoms with Gasteiger partial charge in [0.1, 0.15) is 0 Å². The van der Waals surface area contributed by atoms with E-state index in [0.29, 0.717) is 21.1 Å². The Bertz CT molecular complexity index is 541. The van der Waals surface area contributed by atoms with Crippen molar-refractivity contribution in [3.63, 3.8) is 0 Å². The number of hydrogen-bond acceptors (Lipinski definition) is 1. The predicted molar refractivity (Wildman–Crippen MR) is 76.2 cm³/mol. The Kier molecular flexibility index (Phi) is 3.60. The summed E-state index contributed by atoms with van der Waals surface area (Å²) in [6, 6.07) is 16.5. The van der Waals surface area contributed by atoms with Crippen molar-refractivity contribution in [2.75, 3.05) is 0 Å². The third-order valence-electron chi connectivity index (χ3n) is 2.94. The molecule has 1 heterocycles. The molecule has 0 amide bonds. The Morgan fingerprint density at radius 3 is 2.83 bits per heavy atom. The average molecular weight is 324 g/mol. The molecule has 1 unspecified atom stereocenters. The Morgan fingerprint density at radius 2 is 2.00 bits per heavy atom. The molecule has 0 fully saturated rings. The van der Waals surface area contributed by atoms with Crippen LogP contribution < -0.4 is 9.20 Å². The number of hydrogen-bond donors (Lipinski definition) is 0. The van der Waals surface area contributed by atoms with Gasteiger partial charge >= 0.3 is 118 Å². The van der Waals surface area contributed by atoms with Crippen LogP contribution in [0.1, 0.15) is 5.56 Å². The van der Waals surface area contributed by atoms with Crippen molar-refractivity contribution in [3.8, 4) is 5.75 Å². The van der Waals surface area contributed by atoms with Crippen LogP contribution in [-0.2, 0) is 6.42 Å². The van der Waals surface area contributed by atoms with Crippen LogP contribution in [0.4, 0.5) is 0 Å². The van der Waals surface area contributed by atoms with Gasteiger partial charge in [0, 0.05) is 0 Å². The molecule has 2 aromatic carbocycles. The van der Waals surface area contributed by atoms with Crippen LogP contribution in [0.5, 0.6) is 5.75 Å². The van der Waals surface area contributed by atoms with Gasteiger partial charge < -0.3 is 0 Å². The summed E-state index contributed by atoms with van der Waals surface area (Å²) in [4.78, 5) is 0. The van der Waals surface area contributed by atoms with E-state index >= 15 is 0 Å². The molecule has 0 spiro atoms. The maximum atomic E-state index is 5.99. The van der Waals surface area contributed by atoms with Gasteiger partial charge in [-0.05, 0) is 0 Å². The third-order valence-corrected chi connectivity index (χ3v) is 5.58. The van der Waals surface area contributed by atoms with Crippen molar-refractivity contribution in [3.05, 3.63) is 59.1 Å². The molecule has 1 atom stereocenters. The van der Waals surface area contributed by atoms with Gasteiger partial charge in [0.15, 0.2) is 0 Å². The molecule has 92 valence electrons. The summed E-state index contributed by atoms with van der Waals surface area (Å²) in [6.07, 6.45) is 1.31. The number of halogens is 1. The zero-order chi connectivity index (χ0) is 12.4. The van der Waals surface area contributed by atoms with Gasteiger partial charge in [0.05, 0.1) is 0 Å². The van der Waals surface area contributed by atoms with Gasteiger partial charge in [-0.1, -0.05) is 0 Å². The van der Waals surface area contributed by atoms with Crippen LogP contribution in [0.25, 0.3) is 0 Å². The molecule has 2 aromatic rings. The monoisotopic (exact) mass is 324 g/mol. The van der Waals surface area contributed by atoms with Gasteiger partial charge in [-0.25, -0.2) is 0 Å². The Morgan fingerprint density at radius 1 is 1.17 bits per heavy atom. The second-order valence-electron chi connectivity index (χ2n) is 4.32. The molecule has 18 heavy (non-hydrogen) atoms. The number of benzene rings is 2. The predicted octanol–water partition coefficient (Wildman–Crippen LogP) is 3.09. The summed E-state index contributed by atoms with van der Waals surface area (Å²) < 4.78 is 7.37. The summed E-state index contributed by atoms with van der Waals surface area (Å²) in [5.41, 5.74) is 1.25. The Balaban J connectivity index is 1.61. The molecule has 0 radical (unpaired) electrons. The van der Waals surface area contributed by atoms with Crippen molar-refractivity contribution in [2.24, 2.45) is 0 Å². The maximum absolute atomic E-state index is 5.99. The summed E-state index contributed by atoms with van der Waals surface area (Å²) in [6.45, 7) is 0. The molecule has 0 aromatic heterocycles. The molecule has 1 nitrogen and oxygen atoms in total. The van der Waals surface area contributed by atoms with Crippen LogP contribution in [0, 0.1) is 0 Å². The van der Waals surface area contributed by atoms with E-state index in [1.54, 1.807) is 0 Å². The molecule has 0 bridgehead atoms. The van der Waals surface area contributed by atoms with E-state index in [2.05, 4.69) is 30.3 Å². The van der Waals surface area contributed by atoms with Crippen molar-refractivity contribution in [1.82, 2.24) is 0 Å². The van der Waals surface area contributed by atoms with E-state index in [1.807, 2.05) is 18.2 Å². The minimum absolute atomic E-state index is 0.318. The quantitative estimate of drug-likeness (QED) is 0.789. The van der Waals surface area contributed by atoms with Crippen molar-refractivity contribution < 1.29 is 4.74 Å². The summed E-state index contributed by atoms with van der Waals surface area (Å²) >= 11 is 6.48. The number of ether oxygens (including phenoxy) is 1. The fraction of sp³-hybridized carbons (Fsp3) is 0.200. The molecule has 1 aliphatic heterocycles. The fourth-order valence-corrected chi connectivity index (χ4v) is 4.20. The fourth-order valence-electron chi connectivity index (χ4n) is 2.09. The standard InChI is InChI=1S/C15H13ClOSe/c16-12-6-7-15-11(8-12)9-13(17-15)10-18-14-4-2-1-3-5-14/h1-8,13H,9-10H2. The summed E-state index contributed by atoms with van der Waals surface area (Å²) in [5.74, 6) is 1.01. The van der Waals surface area contributed by atoms with Gasteiger partial charge in [-0.3, -0.25) is 0 Å². The molecule has 3 heteroatoms. The number of rotatable bonds is 3. The van der Waals surface area contributed by atoms with Crippen LogP contribution in [0.15, 0.2) is 48.5 Å². The van der Waals surface area contributed by atoms with Gasteiger partial charge in [0.2, 0.25) is 0 Å². The molecule has 3 rings (SSSR count). The van der Waals surface area contributed by atoms with Gasteiger partial charge in [-0.15, -0.1) is 0 Å². The first kappa shape index (κ1) is 12.1. The van der Waals surface area contributed by atoms with Gasteiger partial charge in [-0.2, -0.15) is 0 Å². The van der Waals surface area contributed by atoms with Crippen molar-refractivity contribution in [1.29, 1.82) is 0 Å². The van der Waals surface area contributed by atoms with Crippen LogP contribution in [0.2, 0.25) is 10.3 Å². The first-order valence-corrected chi connectivity index (χ1v) is 8.39. The molecule has 0 saturated heterocycles. The van der Waals surface area contributed by atoms with E-state index in [9.17, 15) is 0 Å². The first-order chi connectivity index (χ1) is 8.81. The van der Waals surface area contributed by atoms with E-state index < -0.39 is 0 Å².